The largest absolute Gasteiger partial charge is 1.00 e. The molecule has 0 atom stereocenters. The van der Waals surface area contributed by atoms with Gasteiger partial charge in [-0.1, -0.05) is 0 Å². The summed E-state index contributed by atoms with van der Waals surface area (Å²) in [5.41, 5.74) is 0. The number of quaternary nitrogens is 2. The first-order chi connectivity index (χ1) is 7.33. The van der Waals surface area contributed by atoms with Crippen molar-refractivity contribution in [2.24, 2.45) is 0 Å². The highest BCUT2D eigenvalue weighted by molar-refractivity contribution is 4.37. The lowest BCUT2D eigenvalue weighted by Gasteiger charge is -2.32. The standard InChI is InChI=1S/C13H32N2O.2BrH/c1-7-15(6,8-2)11-13-16-12-9-10-14(3,4)5;;/h7-13H2,1-6H3;2*1H/q+2;;/p-2. The van der Waals surface area contributed by atoms with Crippen molar-refractivity contribution < 1.29 is 47.7 Å². The second-order valence-corrected chi connectivity index (χ2v) is 5.96. The van der Waals surface area contributed by atoms with Crippen LogP contribution in [0.25, 0.3) is 0 Å². The number of halogens is 2. The Bertz CT molecular complexity index is 180. The van der Waals surface area contributed by atoms with Gasteiger partial charge in [0.2, 0.25) is 0 Å². The van der Waals surface area contributed by atoms with E-state index in [2.05, 4.69) is 42.0 Å². The molecule has 114 valence electrons. The first kappa shape index (κ1) is 23.9. The molecule has 0 N–H and O–H groups in total. The molecule has 0 saturated carbocycles. The van der Waals surface area contributed by atoms with Crippen molar-refractivity contribution in [2.75, 3.05) is 67.6 Å². The van der Waals surface area contributed by atoms with Gasteiger partial charge in [0.15, 0.2) is 0 Å². The van der Waals surface area contributed by atoms with Gasteiger partial charge in [-0.2, -0.15) is 0 Å². The van der Waals surface area contributed by atoms with E-state index in [0.717, 1.165) is 35.1 Å². The number of ether oxygens (including phenoxy) is 1. The maximum Gasteiger partial charge on any atom is 0.102 e. The summed E-state index contributed by atoms with van der Waals surface area (Å²) in [6.07, 6.45) is 1.16. The maximum atomic E-state index is 5.70. The van der Waals surface area contributed by atoms with Crippen LogP contribution in [-0.4, -0.2) is 76.5 Å². The molecule has 5 heteroatoms. The normalized spacial score (nSPS) is 11.7. The molecular weight excluding hydrogens is 360 g/mol. The lowest BCUT2D eigenvalue weighted by Crippen LogP contribution is -3.00. The van der Waals surface area contributed by atoms with E-state index in [1.807, 2.05) is 0 Å². The smallest absolute Gasteiger partial charge is 0.102 e. The molecule has 0 aliphatic rings. The molecule has 0 bridgehead atoms. The Morgan fingerprint density at radius 3 is 1.67 bits per heavy atom. The molecule has 0 rings (SSSR count). The molecule has 18 heavy (non-hydrogen) atoms. The Hall–Kier alpha value is 0.840. The molecule has 0 aromatic carbocycles. The van der Waals surface area contributed by atoms with E-state index >= 15 is 0 Å². The topological polar surface area (TPSA) is 9.23 Å². The van der Waals surface area contributed by atoms with Crippen LogP contribution in [0, 0.1) is 0 Å². The zero-order valence-electron chi connectivity index (χ0n) is 13.0. The first-order valence-corrected chi connectivity index (χ1v) is 6.55. The molecule has 0 fully saturated rings. The third-order valence-electron chi connectivity index (χ3n) is 3.42. The van der Waals surface area contributed by atoms with Crippen LogP contribution < -0.4 is 34.0 Å². The maximum absolute atomic E-state index is 5.70. The number of hydrogen-bond donors (Lipinski definition) is 0. The molecule has 0 aliphatic carbocycles. The molecule has 0 heterocycles. The van der Waals surface area contributed by atoms with Crippen LogP contribution in [0.15, 0.2) is 0 Å². The Morgan fingerprint density at radius 1 is 0.778 bits per heavy atom. The second kappa shape index (κ2) is 11.6. The number of hydrogen-bond acceptors (Lipinski definition) is 1. The fourth-order valence-corrected chi connectivity index (χ4v) is 1.57. The lowest BCUT2D eigenvalue weighted by molar-refractivity contribution is -0.906. The van der Waals surface area contributed by atoms with Crippen LogP contribution in [0.4, 0.5) is 0 Å². The van der Waals surface area contributed by atoms with Crippen molar-refractivity contribution in [1.82, 2.24) is 0 Å². The van der Waals surface area contributed by atoms with Gasteiger partial charge in [-0.15, -0.1) is 0 Å². The van der Waals surface area contributed by atoms with Gasteiger partial charge in [-0.3, -0.25) is 0 Å². The number of rotatable bonds is 9. The van der Waals surface area contributed by atoms with E-state index in [1.54, 1.807) is 0 Å². The highest BCUT2D eigenvalue weighted by Gasteiger charge is 2.15. The van der Waals surface area contributed by atoms with Crippen molar-refractivity contribution in [3.8, 4) is 0 Å². The Balaban J connectivity index is -0.00000112. The van der Waals surface area contributed by atoms with Crippen molar-refractivity contribution in [3.63, 3.8) is 0 Å². The third kappa shape index (κ3) is 13.3. The lowest BCUT2D eigenvalue weighted by atomic mass is 10.4. The van der Waals surface area contributed by atoms with Crippen LogP contribution in [0.2, 0.25) is 0 Å². The zero-order chi connectivity index (χ0) is 12.7. The van der Waals surface area contributed by atoms with Gasteiger partial charge < -0.3 is 47.7 Å². The number of nitrogens with zero attached hydrogens (tertiary/aromatic N) is 2. The molecule has 3 nitrogen and oxygen atoms in total. The van der Waals surface area contributed by atoms with Gasteiger partial charge in [0.05, 0.1) is 61.0 Å². The van der Waals surface area contributed by atoms with Gasteiger partial charge in [-0.05, 0) is 13.8 Å². The summed E-state index contributed by atoms with van der Waals surface area (Å²) in [4.78, 5) is 0. The second-order valence-electron chi connectivity index (χ2n) is 5.96. The van der Waals surface area contributed by atoms with Crippen molar-refractivity contribution in [3.05, 3.63) is 0 Å². The van der Waals surface area contributed by atoms with E-state index in [0.29, 0.717) is 0 Å². The fourth-order valence-electron chi connectivity index (χ4n) is 1.57. The minimum atomic E-state index is 0. The van der Waals surface area contributed by atoms with Crippen LogP contribution in [0.1, 0.15) is 20.3 Å². The predicted molar refractivity (Wildman–Crippen MR) is 70.5 cm³/mol. The van der Waals surface area contributed by atoms with E-state index in [-0.39, 0.29) is 34.0 Å². The third-order valence-corrected chi connectivity index (χ3v) is 3.42. The van der Waals surface area contributed by atoms with Crippen LogP contribution in [-0.2, 0) is 4.74 Å². The molecular formula is C13H32Br2N2O. The molecule has 0 aliphatic heterocycles. The first-order valence-electron chi connectivity index (χ1n) is 6.55. The van der Waals surface area contributed by atoms with Gasteiger partial charge in [0.1, 0.15) is 6.54 Å². The average molecular weight is 392 g/mol. The van der Waals surface area contributed by atoms with E-state index in [9.17, 15) is 0 Å². The molecule has 0 aromatic heterocycles. The molecule has 0 saturated heterocycles. The molecule has 0 aromatic rings. The quantitative estimate of drug-likeness (QED) is 0.285. The van der Waals surface area contributed by atoms with E-state index in [1.165, 1.54) is 19.6 Å². The summed E-state index contributed by atoms with van der Waals surface area (Å²) < 4.78 is 7.85. The summed E-state index contributed by atoms with van der Waals surface area (Å²) in [6, 6.07) is 0. The van der Waals surface area contributed by atoms with Crippen LogP contribution in [0.5, 0.6) is 0 Å². The van der Waals surface area contributed by atoms with Crippen LogP contribution >= 0.6 is 0 Å². The van der Waals surface area contributed by atoms with E-state index in [4.69, 9.17) is 4.74 Å². The molecule has 0 radical (unpaired) electrons. The van der Waals surface area contributed by atoms with Gasteiger partial charge in [0.25, 0.3) is 0 Å². The Morgan fingerprint density at radius 2 is 1.28 bits per heavy atom. The highest BCUT2D eigenvalue weighted by Crippen LogP contribution is 2.01. The summed E-state index contributed by atoms with van der Waals surface area (Å²) in [6.45, 7) is 11.0. The minimum Gasteiger partial charge on any atom is -1.00 e. The van der Waals surface area contributed by atoms with Crippen molar-refractivity contribution in [1.29, 1.82) is 0 Å². The fraction of sp³-hybridized carbons (Fsp3) is 1.00. The minimum absolute atomic E-state index is 0. The summed E-state index contributed by atoms with van der Waals surface area (Å²) in [5.74, 6) is 0. The summed E-state index contributed by atoms with van der Waals surface area (Å²) in [5, 5.41) is 0. The highest BCUT2D eigenvalue weighted by atomic mass is 79.9. The summed E-state index contributed by atoms with van der Waals surface area (Å²) in [7, 11) is 8.97. The Labute approximate surface area is 135 Å². The molecule has 0 amide bonds. The molecule has 0 spiro atoms. The number of likely N-dealkylation sites (N-methyl/N-ethyl adjacent to an activating group) is 1. The van der Waals surface area contributed by atoms with Crippen molar-refractivity contribution >= 4 is 0 Å². The van der Waals surface area contributed by atoms with Gasteiger partial charge >= 0.3 is 0 Å². The Kier molecular flexibility index (Phi) is 15.5. The van der Waals surface area contributed by atoms with Crippen LogP contribution in [0.3, 0.4) is 0 Å². The average Bonchev–Trinajstić information content (AvgIpc) is 2.21. The summed E-state index contributed by atoms with van der Waals surface area (Å²) >= 11 is 0. The van der Waals surface area contributed by atoms with Gasteiger partial charge in [0, 0.05) is 6.42 Å². The predicted octanol–water partition coefficient (Wildman–Crippen LogP) is -4.41. The van der Waals surface area contributed by atoms with E-state index < -0.39 is 0 Å². The van der Waals surface area contributed by atoms with Gasteiger partial charge in [-0.25, -0.2) is 0 Å². The zero-order valence-corrected chi connectivity index (χ0v) is 16.2. The SMILES string of the molecule is CC[N+](C)(CC)CCOCCC[N+](C)(C)C.[Br-].[Br-]. The monoisotopic (exact) mass is 390 g/mol. The molecule has 0 unspecified atom stereocenters. The van der Waals surface area contributed by atoms with Crippen molar-refractivity contribution in [2.45, 2.75) is 20.3 Å².